The first-order chi connectivity index (χ1) is 5.17. The Morgan fingerprint density at radius 3 is 2.82 bits per heavy atom. The minimum absolute atomic E-state index is 0.417. The van der Waals surface area contributed by atoms with Gasteiger partial charge in [0.25, 0.3) is 0 Å². The molecule has 0 aliphatic heterocycles. The van der Waals surface area contributed by atoms with Crippen molar-refractivity contribution < 1.29 is 5.11 Å². The van der Waals surface area contributed by atoms with Crippen molar-refractivity contribution >= 4 is 0 Å². The molecule has 0 saturated heterocycles. The van der Waals surface area contributed by atoms with Crippen LogP contribution in [0.4, 0.5) is 0 Å². The standard InChI is InChI=1S/C8H12N2O/c1-8(11)5-7(6-8)10-4-2-3-9-10/h2-4,7,11H,5-6H2,1H3. The van der Waals surface area contributed by atoms with Crippen LogP contribution in [0.5, 0.6) is 0 Å². The fourth-order valence-corrected chi connectivity index (χ4v) is 1.64. The lowest BCUT2D eigenvalue weighted by atomic mass is 9.77. The maximum Gasteiger partial charge on any atom is 0.0660 e. The summed E-state index contributed by atoms with van der Waals surface area (Å²) in [5.41, 5.74) is -0.448. The van der Waals surface area contributed by atoms with Crippen molar-refractivity contribution in [3.63, 3.8) is 0 Å². The number of aromatic nitrogens is 2. The molecule has 0 spiro atoms. The number of aliphatic hydroxyl groups is 1. The van der Waals surface area contributed by atoms with Crippen LogP contribution in [-0.2, 0) is 0 Å². The number of hydrogen-bond donors (Lipinski definition) is 1. The van der Waals surface area contributed by atoms with Gasteiger partial charge in [0.15, 0.2) is 0 Å². The van der Waals surface area contributed by atoms with Crippen molar-refractivity contribution in [3.05, 3.63) is 18.5 Å². The molecule has 1 aliphatic carbocycles. The first-order valence-corrected chi connectivity index (χ1v) is 3.89. The Bertz CT molecular complexity index is 233. The van der Waals surface area contributed by atoms with Crippen LogP contribution >= 0.6 is 0 Å². The van der Waals surface area contributed by atoms with Gasteiger partial charge < -0.3 is 5.11 Å². The molecule has 1 fully saturated rings. The molecule has 1 N–H and O–H groups in total. The third kappa shape index (κ3) is 1.16. The number of rotatable bonds is 1. The summed E-state index contributed by atoms with van der Waals surface area (Å²) in [5, 5.41) is 13.6. The van der Waals surface area contributed by atoms with E-state index in [9.17, 15) is 5.11 Å². The molecule has 0 unspecified atom stereocenters. The Kier molecular flexibility index (Phi) is 1.29. The zero-order valence-corrected chi connectivity index (χ0v) is 6.57. The Morgan fingerprint density at radius 2 is 2.36 bits per heavy atom. The van der Waals surface area contributed by atoms with E-state index in [0.717, 1.165) is 12.8 Å². The van der Waals surface area contributed by atoms with Crippen LogP contribution in [0.15, 0.2) is 18.5 Å². The molecule has 0 amide bonds. The van der Waals surface area contributed by atoms with Crippen LogP contribution in [0, 0.1) is 0 Å². The van der Waals surface area contributed by atoms with Crippen LogP contribution in [-0.4, -0.2) is 20.5 Å². The van der Waals surface area contributed by atoms with Crippen molar-refractivity contribution in [3.8, 4) is 0 Å². The van der Waals surface area contributed by atoms with Crippen molar-refractivity contribution in [2.24, 2.45) is 0 Å². The van der Waals surface area contributed by atoms with Gasteiger partial charge in [-0.2, -0.15) is 5.10 Å². The van der Waals surface area contributed by atoms with E-state index in [1.807, 2.05) is 23.9 Å². The first kappa shape index (κ1) is 6.85. The summed E-state index contributed by atoms with van der Waals surface area (Å²) in [6.45, 7) is 1.87. The molecule has 3 heteroatoms. The second-order valence-corrected chi connectivity index (χ2v) is 3.55. The van der Waals surface area contributed by atoms with E-state index in [4.69, 9.17) is 0 Å². The van der Waals surface area contributed by atoms with Gasteiger partial charge in [-0.15, -0.1) is 0 Å². The quantitative estimate of drug-likeness (QED) is 0.651. The summed E-state index contributed by atoms with van der Waals surface area (Å²) in [7, 11) is 0. The topological polar surface area (TPSA) is 38.0 Å². The molecule has 60 valence electrons. The van der Waals surface area contributed by atoms with Crippen LogP contribution in [0.3, 0.4) is 0 Å². The van der Waals surface area contributed by atoms with Gasteiger partial charge in [-0.1, -0.05) is 0 Å². The predicted octanol–water partition coefficient (Wildman–Crippen LogP) is 0.969. The normalized spacial score (nSPS) is 36.7. The summed E-state index contributed by atoms with van der Waals surface area (Å²) in [5.74, 6) is 0. The summed E-state index contributed by atoms with van der Waals surface area (Å²) in [6, 6.07) is 2.33. The van der Waals surface area contributed by atoms with Gasteiger partial charge in [0.1, 0.15) is 0 Å². The molecule has 1 aliphatic rings. The summed E-state index contributed by atoms with van der Waals surface area (Å²) < 4.78 is 1.91. The summed E-state index contributed by atoms with van der Waals surface area (Å²) in [4.78, 5) is 0. The monoisotopic (exact) mass is 152 g/mol. The van der Waals surface area contributed by atoms with Crippen molar-refractivity contribution in [1.29, 1.82) is 0 Å². The van der Waals surface area contributed by atoms with Gasteiger partial charge >= 0.3 is 0 Å². The van der Waals surface area contributed by atoms with E-state index in [-0.39, 0.29) is 0 Å². The fourth-order valence-electron chi connectivity index (χ4n) is 1.64. The van der Waals surface area contributed by atoms with E-state index >= 15 is 0 Å². The summed E-state index contributed by atoms with van der Waals surface area (Å²) >= 11 is 0. The van der Waals surface area contributed by atoms with E-state index < -0.39 is 5.60 Å². The van der Waals surface area contributed by atoms with Gasteiger partial charge in [-0.25, -0.2) is 0 Å². The maximum absolute atomic E-state index is 9.44. The minimum atomic E-state index is -0.448. The molecule has 1 saturated carbocycles. The molecule has 1 aromatic heterocycles. The van der Waals surface area contributed by atoms with E-state index in [1.165, 1.54) is 0 Å². The zero-order chi connectivity index (χ0) is 7.90. The average molecular weight is 152 g/mol. The lowest BCUT2D eigenvalue weighted by Crippen LogP contribution is -2.42. The predicted molar refractivity (Wildman–Crippen MR) is 41.1 cm³/mol. The van der Waals surface area contributed by atoms with Gasteiger partial charge in [0.2, 0.25) is 0 Å². The average Bonchev–Trinajstić information content (AvgIpc) is 2.32. The lowest BCUT2D eigenvalue weighted by molar-refractivity contribution is -0.0543. The Balaban J connectivity index is 2.03. The molecular weight excluding hydrogens is 140 g/mol. The van der Waals surface area contributed by atoms with Gasteiger partial charge in [0.05, 0.1) is 11.6 Å². The third-order valence-corrected chi connectivity index (χ3v) is 2.25. The molecule has 1 heterocycles. The van der Waals surface area contributed by atoms with Gasteiger partial charge in [0, 0.05) is 12.4 Å². The minimum Gasteiger partial charge on any atom is -0.390 e. The van der Waals surface area contributed by atoms with Gasteiger partial charge in [-0.3, -0.25) is 4.68 Å². The highest BCUT2D eigenvalue weighted by Crippen LogP contribution is 2.40. The van der Waals surface area contributed by atoms with Crippen LogP contribution < -0.4 is 0 Å². The Labute approximate surface area is 65.7 Å². The number of hydrogen-bond acceptors (Lipinski definition) is 2. The Hall–Kier alpha value is -0.830. The van der Waals surface area contributed by atoms with E-state index in [1.54, 1.807) is 6.20 Å². The molecule has 0 atom stereocenters. The van der Waals surface area contributed by atoms with Crippen LogP contribution in [0.2, 0.25) is 0 Å². The molecule has 0 aromatic carbocycles. The van der Waals surface area contributed by atoms with Gasteiger partial charge in [-0.05, 0) is 25.8 Å². The van der Waals surface area contributed by atoms with Crippen molar-refractivity contribution in [1.82, 2.24) is 9.78 Å². The molecule has 0 bridgehead atoms. The van der Waals surface area contributed by atoms with Crippen LogP contribution in [0.25, 0.3) is 0 Å². The zero-order valence-electron chi connectivity index (χ0n) is 6.57. The Morgan fingerprint density at radius 1 is 1.64 bits per heavy atom. The third-order valence-electron chi connectivity index (χ3n) is 2.25. The fraction of sp³-hybridized carbons (Fsp3) is 0.625. The highest BCUT2D eigenvalue weighted by molar-refractivity contribution is 4.95. The molecule has 0 radical (unpaired) electrons. The largest absolute Gasteiger partial charge is 0.390 e. The lowest BCUT2D eigenvalue weighted by Gasteiger charge is -2.40. The van der Waals surface area contributed by atoms with Crippen LogP contribution in [0.1, 0.15) is 25.8 Å². The first-order valence-electron chi connectivity index (χ1n) is 3.89. The number of nitrogens with zero attached hydrogens (tertiary/aromatic N) is 2. The van der Waals surface area contributed by atoms with E-state index in [2.05, 4.69) is 5.10 Å². The molecule has 1 aromatic rings. The highest BCUT2D eigenvalue weighted by Gasteiger charge is 2.39. The smallest absolute Gasteiger partial charge is 0.0660 e. The van der Waals surface area contributed by atoms with Crippen molar-refractivity contribution in [2.45, 2.75) is 31.4 Å². The van der Waals surface area contributed by atoms with E-state index in [0.29, 0.717) is 6.04 Å². The molecular formula is C8H12N2O. The SMILES string of the molecule is CC1(O)CC(n2cccn2)C1. The second-order valence-electron chi connectivity index (χ2n) is 3.55. The summed E-state index contributed by atoms with van der Waals surface area (Å²) in [6.07, 6.45) is 5.37. The molecule has 3 nitrogen and oxygen atoms in total. The highest BCUT2D eigenvalue weighted by atomic mass is 16.3. The molecule has 11 heavy (non-hydrogen) atoms. The molecule has 2 rings (SSSR count). The second kappa shape index (κ2) is 2.08. The van der Waals surface area contributed by atoms with Crippen molar-refractivity contribution in [2.75, 3.05) is 0 Å². The maximum atomic E-state index is 9.44.